The highest BCUT2D eigenvalue weighted by atomic mass is 14.0. The van der Waals surface area contributed by atoms with Gasteiger partial charge in [0, 0.05) is 4.11 Å². The Kier molecular flexibility index (Phi) is 1.38. The standard InChI is InChI=1S/C13H12/c1-11-7-9-13(10-8-11)12-5-3-2-4-6-12/h2-10H,1H3/i1T3. The van der Waals surface area contributed by atoms with Gasteiger partial charge in [0.05, 0.1) is 0 Å². The minimum absolute atomic E-state index is 0.382. The fourth-order valence-corrected chi connectivity index (χ4v) is 1.29. The maximum atomic E-state index is 7.28. The van der Waals surface area contributed by atoms with Crippen molar-refractivity contribution in [3.8, 4) is 11.1 Å². The average Bonchev–Trinajstić information content (AvgIpc) is 2.29. The van der Waals surface area contributed by atoms with Crippen LogP contribution in [0.4, 0.5) is 0 Å². The summed E-state index contributed by atoms with van der Waals surface area (Å²) >= 11 is 0. The largest absolute Gasteiger partial charge is 0.0622 e. The Morgan fingerprint density at radius 1 is 0.769 bits per heavy atom. The minimum Gasteiger partial charge on any atom is -0.0622 e. The first-order valence-corrected chi connectivity index (χ1v) is 4.23. The van der Waals surface area contributed by atoms with Crippen molar-refractivity contribution in [2.45, 2.75) is 6.85 Å². The van der Waals surface area contributed by atoms with Crippen LogP contribution in [0.5, 0.6) is 0 Å². The second-order valence-corrected chi connectivity index (χ2v) is 2.94. The SMILES string of the molecule is [3H]C([3H])([3H])c1ccc(-c2ccccc2)cc1. The zero-order valence-electron chi connectivity index (χ0n) is 10.2. The van der Waals surface area contributed by atoms with E-state index >= 15 is 0 Å². The van der Waals surface area contributed by atoms with E-state index in [0.717, 1.165) is 11.1 Å². The highest BCUT2D eigenvalue weighted by molar-refractivity contribution is 5.63. The first kappa shape index (κ1) is 5.23. The number of hydrogen-bond donors (Lipinski definition) is 0. The molecule has 0 amide bonds. The Labute approximate surface area is 83.1 Å². The van der Waals surface area contributed by atoms with Crippen molar-refractivity contribution in [2.75, 3.05) is 0 Å². The Bertz CT molecular complexity index is 455. The van der Waals surface area contributed by atoms with E-state index in [1.165, 1.54) is 0 Å². The fourth-order valence-electron chi connectivity index (χ4n) is 1.29. The second-order valence-electron chi connectivity index (χ2n) is 2.94. The van der Waals surface area contributed by atoms with Crippen molar-refractivity contribution in [3.05, 3.63) is 60.2 Å². The van der Waals surface area contributed by atoms with Crippen LogP contribution in [0.1, 0.15) is 9.68 Å². The van der Waals surface area contributed by atoms with Crippen molar-refractivity contribution < 1.29 is 4.11 Å². The summed E-state index contributed by atoms with van der Waals surface area (Å²) in [5, 5.41) is 0. The monoisotopic (exact) mass is 174 g/mol. The summed E-state index contributed by atoms with van der Waals surface area (Å²) in [6.45, 7) is -2.02. The zero-order chi connectivity index (χ0) is 11.6. The third-order valence-corrected chi connectivity index (χ3v) is 1.99. The topological polar surface area (TPSA) is 0 Å². The number of rotatable bonds is 1. The van der Waals surface area contributed by atoms with Gasteiger partial charge in [-0.15, -0.1) is 0 Å². The molecule has 2 aromatic rings. The van der Waals surface area contributed by atoms with E-state index in [9.17, 15) is 0 Å². The van der Waals surface area contributed by atoms with E-state index in [1.54, 1.807) is 12.1 Å². The molecule has 0 bridgehead atoms. The highest BCUT2D eigenvalue weighted by Crippen LogP contribution is 2.18. The Morgan fingerprint density at radius 3 is 2.00 bits per heavy atom. The molecule has 0 nitrogen and oxygen atoms in total. The Hall–Kier alpha value is -1.56. The number of aryl methyl sites for hydroxylation is 1. The maximum Gasteiger partial charge on any atom is 0.0280 e. The molecular weight excluding hydrogens is 156 g/mol. The van der Waals surface area contributed by atoms with Gasteiger partial charge in [-0.05, 0) is 18.0 Å². The van der Waals surface area contributed by atoms with E-state index in [-0.39, 0.29) is 0 Å². The van der Waals surface area contributed by atoms with Gasteiger partial charge in [0.15, 0.2) is 0 Å². The molecule has 0 aliphatic carbocycles. The van der Waals surface area contributed by atoms with E-state index < -0.39 is 6.85 Å². The van der Waals surface area contributed by atoms with Crippen LogP contribution in [0, 0.1) is 6.85 Å². The molecule has 0 N–H and O–H groups in total. The molecule has 0 aliphatic rings. The lowest BCUT2D eigenvalue weighted by molar-refractivity contribution is 1.47. The predicted molar refractivity (Wildman–Crippen MR) is 56.6 cm³/mol. The molecule has 2 rings (SSSR count). The molecular formula is C13H12. The van der Waals surface area contributed by atoms with Crippen molar-refractivity contribution >= 4 is 0 Å². The van der Waals surface area contributed by atoms with Crippen molar-refractivity contribution in [2.24, 2.45) is 0 Å². The van der Waals surface area contributed by atoms with Crippen LogP contribution < -0.4 is 0 Å². The van der Waals surface area contributed by atoms with Gasteiger partial charge in [-0.3, -0.25) is 0 Å². The van der Waals surface area contributed by atoms with Crippen LogP contribution in [0.15, 0.2) is 54.6 Å². The average molecular weight is 174 g/mol. The molecule has 0 unspecified atom stereocenters. The number of hydrogen-bond acceptors (Lipinski definition) is 0. The van der Waals surface area contributed by atoms with Crippen LogP contribution >= 0.6 is 0 Å². The van der Waals surface area contributed by atoms with E-state index in [1.807, 2.05) is 42.5 Å². The maximum absolute atomic E-state index is 7.28. The summed E-state index contributed by atoms with van der Waals surface area (Å²) in [5.74, 6) is 0. The first-order chi connectivity index (χ1) is 7.57. The zero-order valence-corrected chi connectivity index (χ0v) is 7.20. The summed E-state index contributed by atoms with van der Waals surface area (Å²) in [5.41, 5.74) is 2.51. The van der Waals surface area contributed by atoms with Gasteiger partial charge in [0.1, 0.15) is 0 Å². The Balaban J connectivity index is 2.34. The molecule has 0 saturated carbocycles. The van der Waals surface area contributed by atoms with Gasteiger partial charge in [-0.1, -0.05) is 60.2 Å². The van der Waals surface area contributed by atoms with Gasteiger partial charge in [-0.25, -0.2) is 0 Å². The van der Waals surface area contributed by atoms with Crippen molar-refractivity contribution in [3.63, 3.8) is 0 Å². The van der Waals surface area contributed by atoms with E-state index in [0.29, 0.717) is 5.56 Å². The molecule has 0 saturated heterocycles. The van der Waals surface area contributed by atoms with Gasteiger partial charge >= 0.3 is 0 Å². The van der Waals surface area contributed by atoms with Crippen LogP contribution in [0.3, 0.4) is 0 Å². The van der Waals surface area contributed by atoms with Crippen molar-refractivity contribution in [1.29, 1.82) is 0 Å². The van der Waals surface area contributed by atoms with Crippen LogP contribution in [0.2, 0.25) is 0 Å². The summed E-state index contributed by atoms with van der Waals surface area (Å²) in [4.78, 5) is 0. The van der Waals surface area contributed by atoms with E-state index in [4.69, 9.17) is 4.11 Å². The summed E-state index contributed by atoms with van der Waals surface area (Å²) in [6, 6.07) is 16.9. The van der Waals surface area contributed by atoms with Gasteiger partial charge in [0.2, 0.25) is 0 Å². The van der Waals surface area contributed by atoms with Gasteiger partial charge in [0.25, 0.3) is 0 Å². The van der Waals surface area contributed by atoms with Crippen molar-refractivity contribution in [1.82, 2.24) is 0 Å². The lowest BCUT2D eigenvalue weighted by Crippen LogP contribution is -1.76. The van der Waals surface area contributed by atoms with Crippen LogP contribution in [0.25, 0.3) is 11.1 Å². The lowest BCUT2D eigenvalue weighted by atomic mass is 10.0. The molecule has 0 heterocycles. The summed E-state index contributed by atoms with van der Waals surface area (Å²) in [7, 11) is 0. The van der Waals surface area contributed by atoms with E-state index in [2.05, 4.69) is 0 Å². The molecule has 0 radical (unpaired) electrons. The summed E-state index contributed by atoms with van der Waals surface area (Å²) < 4.78 is 21.8. The second kappa shape index (κ2) is 3.44. The molecule has 0 spiro atoms. The molecule has 0 aromatic heterocycles. The molecule has 0 atom stereocenters. The lowest BCUT2D eigenvalue weighted by Gasteiger charge is -2.00. The molecule has 0 heteroatoms. The predicted octanol–water partition coefficient (Wildman–Crippen LogP) is 3.66. The molecule has 0 fully saturated rings. The van der Waals surface area contributed by atoms with Crippen LogP contribution in [-0.2, 0) is 0 Å². The molecule has 2 aromatic carbocycles. The molecule has 13 heavy (non-hydrogen) atoms. The van der Waals surface area contributed by atoms with Gasteiger partial charge in [-0.2, -0.15) is 0 Å². The fraction of sp³-hybridized carbons (Fsp3) is 0.0769. The third kappa shape index (κ3) is 1.78. The Morgan fingerprint density at radius 2 is 1.38 bits per heavy atom. The highest BCUT2D eigenvalue weighted by Gasteiger charge is 1.93. The first-order valence-electron chi connectivity index (χ1n) is 5.73. The third-order valence-electron chi connectivity index (χ3n) is 1.99. The van der Waals surface area contributed by atoms with Crippen LogP contribution in [-0.4, -0.2) is 0 Å². The molecule has 64 valence electrons. The molecule has 0 aliphatic heterocycles. The summed E-state index contributed by atoms with van der Waals surface area (Å²) in [6.07, 6.45) is 0. The van der Waals surface area contributed by atoms with Gasteiger partial charge < -0.3 is 0 Å². The smallest absolute Gasteiger partial charge is 0.0280 e. The number of benzene rings is 2. The normalized spacial score (nSPS) is 14.3. The minimum atomic E-state index is -2.02. The quantitative estimate of drug-likeness (QED) is 0.619.